The third kappa shape index (κ3) is 1.50. The van der Waals surface area contributed by atoms with Gasteiger partial charge in [0, 0.05) is 31.7 Å². The molecule has 16 heavy (non-hydrogen) atoms. The molecule has 0 unspecified atom stereocenters. The summed E-state index contributed by atoms with van der Waals surface area (Å²) in [4.78, 5) is 22.0. The summed E-state index contributed by atoms with van der Waals surface area (Å²) in [6, 6.07) is 1.78. The lowest BCUT2D eigenvalue weighted by Crippen LogP contribution is -2.55. The fourth-order valence-corrected chi connectivity index (χ4v) is 1.92. The fraction of sp³-hybridized carbons (Fsp3) is 0.444. The van der Waals surface area contributed by atoms with Crippen molar-refractivity contribution in [1.29, 1.82) is 0 Å². The van der Waals surface area contributed by atoms with Crippen molar-refractivity contribution in [2.24, 2.45) is 5.73 Å². The molecule has 1 aliphatic rings. The molecule has 0 aliphatic carbocycles. The predicted molar refractivity (Wildman–Crippen MR) is 56.9 cm³/mol. The number of aromatic amines is 1. The number of fused-ring (bicyclic) bond motifs is 1. The molecule has 7 heteroatoms. The van der Waals surface area contributed by atoms with E-state index < -0.39 is 0 Å². The summed E-state index contributed by atoms with van der Waals surface area (Å²) >= 11 is 0. The molecular formula is C9H12N6O. The first kappa shape index (κ1) is 9.49. The van der Waals surface area contributed by atoms with E-state index in [0.717, 1.165) is 18.8 Å². The molecule has 0 atom stereocenters. The van der Waals surface area contributed by atoms with Gasteiger partial charge in [-0.25, -0.2) is 9.97 Å². The van der Waals surface area contributed by atoms with E-state index >= 15 is 0 Å². The van der Waals surface area contributed by atoms with E-state index in [4.69, 9.17) is 5.73 Å². The first-order chi connectivity index (χ1) is 7.72. The maximum absolute atomic E-state index is 11.6. The summed E-state index contributed by atoms with van der Waals surface area (Å²) in [5, 5.41) is 2.70. The standard InChI is InChI=1S/C9H12N6O/c10-6-2-14(3-6)4-7-1-8(16)15-9(13-7)11-5-12-15/h1,5-6H,2-4,10H2,(H,11,12,13). The number of nitrogens with two attached hydrogens (primary N) is 1. The first-order valence-corrected chi connectivity index (χ1v) is 5.12. The van der Waals surface area contributed by atoms with Crippen molar-refractivity contribution in [1.82, 2.24) is 24.5 Å². The maximum atomic E-state index is 11.6. The molecule has 0 saturated carbocycles. The van der Waals surface area contributed by atoms with Gasteiger partial charge in [0.2, 0.25) is 0 Å². The van der Waals surface area contributed by atoms with Crippen LogP contribution in [0.4, 0.5) is 0 Å². The maximum Gasteiger partial charge on any atom is 0.274 e. The molecule has 0 bridgehead atoms. The van der Waals surface area contributed by atoms with Crippen LogP contribution >= 0.6 is 0 Å². The third-order valence-corrected chi connectivity index (χ3v) is 2.69. The molecule has 84 valence electrons. The van der Waals surface area contributed by atoms with Gasteiger partial charge in [-0.3, -0.25) is 14.8 Å². The molecule has 2 aromatic rings. The van der Waals surface area contributed by atoms with Gasteiger partial charge in [0.1, 0.15) is 6.33 Å². The van der Waals surface area contributed by atoms with Crippen LogP contribution in [0.3, 0.4) is 0 Å². The van der Waals surface area contributed by atoms with E-state index in [2.05, 4.69) is 20.0 Å². The lowest BCUT2D eigenvalue weighted by molar-refractivity contribution is 0.140. The molecule has 1 saturated heterocycles. The van der Waals surface area contributed by atoms with Gasteiger partial charge < -0.3 is 5.73 Å². The van der Waals surface area contributed by atoms with Crippen LogP contribution < -0.4 is 11.3 Å². The number of likely N-dealkylation sites (tertiary alicyclic amines) is 1. The summed E-state index contributed by atoms with van der Waals surface area (Å²) in [6.07, 6.45) is 1.45. The Hall–Kier alpha value is -1.73. The summed E-state index contributed by atoms with van der Waals surface area (Å²) in [6.45, 7) is 2.38. The second-order valence-electron chi connectivity index (χ2n) is 4.06. The molecule has 3 N–H and O–H groups in total. The van der Waals surface area contributed by atoms with Gasteiger partial charge in [-0.05, 0) is 0 Å². The molecule has 3 heterocycles. The summed E-state index contributed by atoms with van der Waals surface area (Å²) in [5.41, 5.74) is 6.28. The number of H-pyrrole nitrogens is 1. The van der Waals surface area contributed by atoms with Crippen molar-refractivity contribution >= 4 is 5.78 Å². The summed E-state index contributed by atoms with van der Waals surface area (Å²) in [5.74, 6) is 0.410. The van der Waals surface area contributed by atoms with Crippen molar-refractivity contribution in [3.63, 3.8) is 0 Å². The Morgan fingerprint density at radius 3 is 3.12 bits per heavy atom. The Labute approximate surface area is 90.9 Å². The van der Waals surface area contributed by atoms with Crippen LogP contribution in [0.25, 0.3) is 5.78 Å². The average molecular weight is 220 g/mol. The molecule has 0 radical (unpaired) electrons. The van der Waals surface area contributed by atoms with Gasteiger partial charge in [-0.1, -0.05) is 0 Å². The Balaban J connectivity index is 1.89. The highest BCUT2D eigenvalue weighted by Gasteiger charge is 2.23. The second kappa shape index (κ2) is 3.39. The topological polar surface area (TPSA) is 92.3 Å². The molecule has 1 aliphatic heterocycles. The normalized spacial score (nSPS) is 17.8. The largest absolute Gasteiger partial charge is 0.325 e. The zero-order valence-electron chi connectivity index (χ0n) is 8.63. The monoisotopic (exact) mass is 220 g/mol. The first-order valence-electron chi connectivity index (χ1n) is 5.12. The van der Waals surface area contributed by atoms with Gasteiger partial charge in [0.15, 0.2) is 0 Å². The number of nitrogens with one attached hydrogen (secondary N) is 1. The smallest absolute Gasteiger partial charge is 0.274 e. The van der Waals surface area contributed by atoms with E-state index in [1.807, 2.05) is 0 Å². The van der Waals surface area contributed by atoms with Crippen molar-refractivity contribution < 1.29 is 0 Å². The quantitative estimate of drug-likeness (QED) is 0.646. The SMILES string of the molecule is NC1CN(Cc2cc(=O)n3[nH]cnc3n2)C1. The average Bonchev–Trinajstić information content (AvgIpc) is 2.63. The zero-order valence-corrected chi connectivity index (χ0v) is 8.63. The lowest BCUT2D eigenvalue weighted by Gasteiger charge is -2.36. The summed E-state index contributed by atoms with van der Waals surface area (Å²) < 4.78 is 1.31. The van der Waals surface area contributed by atoms with Crippen LogP contribution in [0.15, 0.2) is 17.2 Å². The fourth-order valence-electron chi connectivity index (χ4n) is 1.92. The minimum Gasteiger partial charge on any atom is -0.325 e. The Kier molecular flexibility index (Phi) is 2.01. The highest BCUT2D eigenvalue weighted by molar-refractivity contribution is 5.26. The van der Waals surface area contributed by atoms with Crippen molar-refractivity contribution in [2.45, 2.75) is 12.6 Å². The van der Waals surface area contributed by atoms with E-state index in [9.17, 15) is 4.79 Å². The van der Waals surface area contributed by atoms with E-state index in [1.54, 1.807) is 0 Å². The lowest BCUT2D eigenvalue weighted by atomic mass is 10.1. The molecule has 0 spiro atoms. The van der Waals surface area contributed by atoms with Crippen molar-refractivity contribution in [2.75, 3.05) is 13.1 Å². The second-order valence-corrected chi connectivity index (χ2v) is 4.06. The van der Waals surface area contributed by atoms with Crippen molar-refractivity contribution in [3.05, 3.63) is 28.4 Å². The highest BCUT2D eigenvalue weighted by atomic mass is 16.1. The van der Waals surface area contributed by atoms with Gasteiger partial charge in [0.25, 0.3) is 11.3 Å². The van der Waals surface area contributed by atoms with Gasteiger partial charge in [-0.2, -0.15) is 4.52 Å². The van der Waals surface area contributed by atoms with E-state index in [1.165, 1.54) is 16.9 Å². The highest BCUT2D eigenvalue weighted by Crippen LogP contribution is 2.09. The van der Waals surface area contributed by atoms with Crippen LogP contribution in [0, 0.1) is 0 Å². The van der Waals surface area contributed by atoms with Crippen LogP contribution in [0.5, 0.6) is 0 Å². The summed E-state index contributed by atoms with van der Waals surface area (Å²) in [7, 11) is 0. The number of nitrogens with zero attached hydrogens (tertiary/aromatic N) is 4. The van der Waals surface area contributed by atoms with Gasteiger partial charge in [-0.15, -0.1) is 0 Å². The Morgan fingerprint density at radius 2 is 2.38 bits per heavy atom. The van der Waals surface area contributed by atoms with Crippen LogP contribution in [0.1, 0.15) is 5.69 Å². The Bertz CT molecular complexity index is 567. The molecule has 3 rings (SSSR count). The van der Waals surface area contributed by atoms with Crippen molar-refractivity contribution in [3.8, 4) is 0 Å². The minimum atomic E-state index is -0.137. The zero-order chi connectivity index (χ0) is 11.1. The molecule has 1 fully saturated rings. The van der Waals surface area contributed by atoms with Crippen LogP contribution in [0.2, 0.25) is 0 Å². The Morgan fingerprint density at radius 1 is 1.56 bits per heavy atom. The van der Waals surface area contributed by atoms with Crippen LogP contribution in [-0.2, 0) is 6.54 Å². The minimum absolute atomic E-state index is 0.137. The number of rotatable bonds is 2. The third-order valence-electron chi connectivity index (χ3n) is 2.69. The predicted octanol–water partition coefficient (Wildman–Crippen LogP) is -1.44. The molecule has 2 aromatic heterocycles. The number of aromatic nitrogens is 4. The van der Waals surface area contributed by atoms with Gasteiger partial charge in [0.05, 0.1) is 5.69 Å². The number of hydrogen-bond donors (Lipinski definition) is 2. The molecule has 7 nitrogen and oxygen atoms in total. The van der Waals surface area contributed by atoms with E-state index in [-0.39, 0.29) is 11.6 Å². The number of hydrogen-bond acceptors (Lipinski definition) is 5. The van der Waals surface area contributed by atoms with Gasteiger partial charge >= 0.3 is 0 Å². The van der Waals surface area contributed by atoms with E-state index in [0.29, 0.717) is 12.3 Å². The molecule has 0 aromatic carbocycles. The van der Waals surface area contributed by atoms with Crippen LogP contribution in [-0.4, -0.2) is 43.6 Å². The molecular weight excluding hydrogens is 208 g/mol. The molecule has 0 amide bonds.